The van der Waals surface area contributed by atoms with Crippen molar-refractivity contribution in [2.75, 3.05) is 6.54 Å². The number of hydrogen-bond donors (Lipinski definition) is 0. The van der Waals surface area contributed by atoms with E-state index in [4.69, 9.17) is 12.2 Å². The number of rotatable bonds is 3. The fourth-order valence-electron chi connectivity index (χ4n) is 2.47. The maximum atomic E-state index is 5.34. The van der Waals surface area contributed by atoms with E-state index in [-0.39, 0.29) is 0 Å². The number of thiophene rings is 1. The molecule has 0 N–H and O–H groups in total. The van der Waals surface area contributed by atoms with E-state index in [0.29, 0.717) is 6.04 Å². The molecule has 6 heteroatoms. The molecule has 1 unspecified atom stereocenters. The topological polar surface area (TPSA) is 21.1 Å². The monoisotopic (exact) mass is 297 g/mol. The molecule has 3 heterocycles. The van der Waals surface area contributed by atoms with Crippen LogP contribution in [0.25, 0.3) is 0 Å². The van der Waals surface area contributed by atoms with Crippen molar-refractivity contribution in [3.8, 4) is 0 Å². The Hall–Kier alpha value is -0.560. The average Bonchev–Trinajstić information content (AvgIpc) is 3.01. The van der Waals surface area contributed by atoms with Crippen LogP contribution in [0.4, 0.5) is 0 Å². The van der Waals surface area contributed by atoms with Gasteiger partial charge in [-0.2, -0.15) is 5.10 Å². The molecule has 3 nitrogen and oxygen atoms in total. The van der Waals surface area contributed by atoms with Crippen LogP contribution in [0.3, 0.4) is 0 Å². The number of nitrogens with zero attached hydrogens (tertiary/aromatic N) is 3. The predicted octanol–water partition coefficient (Wildman–Crippen LogP) is 3.84. The van der Waals surface area contributed by atoms with Gasteiger partial charge in [-0.25, -0.2) is 4.68 Å². The Morgan fingerprint density at radius 3 is 3.11 bits per heavy atom. The molecule has 0 aliphatic carbocycles. The second-order valence-electron chi connectivity index (χ2n) is 4.51. The second kappa shape index (κ2) is 5.21. The first kappa shape index (κ1) is 12.5. The molecule has 0 radical (unpaired) electrons. The lowest BCUT2D eigenvalue weighted by atomic mass is 10.2. The summed E-state index contributed by atoms with van der Waals surface area (Å²) in [6, 6.07) is 4.92. The first-order valence-electron chi connectivity index (χ1n) is 6.06. The maximum Gasteiger partial charge on any atom is 0.180 e. The van der Waals surface area contributed by atoms with Crippen molar-refractivity contribution in [1.29, 1.82) is 0 Å². The van der Waals surface area contributed by atoms with Crippen molar-refractivity contribution in [2.24, 2.45) is 0 Å². The molecule has 0 amide bonds. The predicted molar refractivity (Wildman–Crippen MR) is 78.7 cm³/mol. The van der Waals surface area contributed by atoms with Gasteiger partial charge in [-0.1, -0.05) is 17.4 Å². The van der Waals surface area contributed by atoms with Gasteiger partial charge in [0.1, 0.15) is 5.01 Å². The van der Waals surface area contributed by atoms with Gasteiger partial charge in [0, 0.05) is 17.5 Å². The maximum absolute atomic E-state index is 5.34. The minimum Gasteiger partial charge on any atom is -0.276 e. The fourth-order valence-corrected chi connectivity index (χ4v) is 4.42. The molecule has 2 aromatic heterocycles. The third-order valence-electron chi connectivity index (χ3n) is 3.26. The first-order chi connectivity index (χ1) is 8.74. The van der Waals surface area contributed by atoms with Gasteiger partial charge in [0.15, 0.2) is 3.95 Å². The average molecular weight is 297 g/mol. The van der Waals surface area contributed by atoms with Crippen LogP contribution < -0.4 is 0 Å². The van der Waals surface area contributed by atoms with E-state index < -0.39 is 0 Å². The zero-order chi connectivity index (χ0) is 12.5. The van der Waals surface area contributed by atoms with Crippen LogP contribution in [-0.2, 0) is 6.67 Å². The molecule has 1 atom stereocenters. The van der Waals surface area contributed by atoms with Crippen molar-refractivity contribution in [1.82, 2.24) is 14.7 Å². The molecule has 0 aromatic carbocycles. The number of likely N-dealkylation sites (tertiary alicyclic amines) is 1. The molecule has 0 saturated carbocycles. The van der Waals surface area contributed by atoms with Crippen LogP contribution in [-0.4, -0.2) is 21.2 Å². The smallest absolute Gasteiger partial charge is 0.180 e. The Bertz CT molecular complexity index is 570. The molecule has 0 spiro atoms. The summed E-state index contributed by atoms with van der Waals surface area (Å²) in [5.41, 5.74) is 0. The lowest BCUT2D eigenvalue weighted by molar-refractivity contribution is 0.193. The molecule has 1 aliphatic heterocycles. The molecule has 1 saturated heterocycles. The van der Waals surface area contributed by atoms with Crippen molar-refractivity contribution in [3.63, 3.8) is 0 Å². The van der Waals surface area contributed by atoms with E-state index in [1.54, 1.807) is 11.3 Å². The van der Waals surface area contributed by atoms with E-state index >= 15 is 0 Å². The minimum atomic E-state index is 0.550. The summed E-state index contributed by atoms with van der Waals surface area (Å²) in [6.07, 6.45) is 2.51. The van der Waals surface area contributed by atoms with Crippen molar-refractivity contribution >= 4 is 34.9 Å². The van der Waals surface area contributed by atoms with Crippen LogP contribution in [0.2, 0.25) is 0 Å². The zero-order valence-corrected chi connectivity index (χ0v) is 12.7. The molecule has 2 aromatic rings. The molecule has 18 heavy (non-hydrogen) atoms. The third kappa shape index (κ3) is 2.42. The van der Waals surface area contributed by atoms with E-state index in [0.717, 1.165) is 22.2 Å². The highest BCUT2D eigenvalue weighted by Gasteiger charge is 2.27. The highest BCUT2D eigenvalue weighted by atomic mass is 32.1. The van der Waals surface area contributed by atoms with Gasteiger partial charge in [-0.05, 0) is 43.4 Å². The van der Waals surface area contributed by atoms with Gasteiger partial charge in [0.05, 0.1) is 6.67 Å². The fraction of sp³-hybridized carbons (Fsp3) is 0.500. The van der Waals surface area contributed by atoms with Crippen LogP contribution in [0.1, 0.15) is 28.8 Å². The van der Waals surface area contributed by atoms with Crippen LogP contribution in [0, 0.1) is 10.9 Å². The van der Waals surface area contributed by atoms with Gasteiger partial charge < -0.3 is 0 Å². The van der Waals surface area contributed by atoms with Gasteiger partial charge in [-0.15, -0.1) is 11.3 Å². The summed E-state index contributed by atoms with van der Waals surface area (Å²) in [6.45, 7) is 3.98. The number of aromatic nitrogens is 2. The van der Waals surface area contributed by atoms with Gasteiger partial charge in [0.25, 0.3) is 0 Å². The number of aryl methyl sites for hydroxylation is 1. The first-order valence-corrected chi connectivity index (χ1v) is 8.16. The summed E-state index contributed by atoms with van der Waals surface area (Å²) >= 11 is 8.78. The Morgan fingerprint density at radius 1 is 1.56 bits per heavy atom. The second-order valence-corrected chi connectivity index (χ2v) is 7.32. The SMILES string of the molecule is Cc1nn(CN2CCCC2c2cccs2)c(=S)s1. The summed E-state index contributed by atoms with van der Waals surface area (Å²) in [4.78, 5) is 3.95. The van der Waals surface area contributed by atoms with Crippen LogP contribution in [0.15, 0.2) is 17.5 Å². The zero-order valence-electron chi connectivity index (χ0n) is 10.2. The molecular formula is C12H15N3S3. The van der Waals surface area contributed by atoms with Crippen LogP contribution >= 0.6 is 34.9 Å². The van der Waals surface area contributed by atoms with E-state index in [2.05, 4.69) is 27.5 Å². The quantitative estimate of drug-likeness (QED) is 0.803. The summed E-state index contributed by atoms with van der Waals surface area (Å²) in [7, 11) is 0. The standard InChI is InChI=1S/C12H15N3S3/c1-9-13-15(12(16)18-9)8-14-6-2-4-10(14)11-5-3-7-17-11/h3,5,7,10H,2,4,6,8H2,1H3. The normalized spacial score (nSPS) is 20.6. The summed E-state index contributed by atoms with van der Waals surface area (Å²) in [5.74, 6) is 0. The molecular weight excluding hydrogens is 282 g/mol. The molecule has 3 rings (SSSR count). The van der Waals surface area contributed by atoms with E-state index in [1.165, 1.54) is 17.7 Å². The lowest BCUT2D eigenvalue weighted by Crippen LogP contribution is -2.26. The highest BCUT2D eigenvalue weighted by Crippen LogP contribution is 2.34. The van der Waals surface area contributed by atoms with E-state index in [1.807, 2.05) is 22.9 Å². The summed E-state index contributed by atoms with van der Waals surface area (Å²) in [5, 5.41) is 7.69. The van der Waals surface area contributed by atoms with Crippen molar-refractivity contribution < 1.29 is 0 Å². The van der Waals surface area contributed by atoms with Crippen LogP contribution in [0.5, 0.6) is 0 Å². The van der Waals surface area contributed by atoms with Gasteiger partial charge >= 0.3 is 0 Å². The summed E-state index contributed by atoms with van der Waals surface area (Å²) < 4.78 is 2.84. The third-order valence-corrected chi connectivity index (χ3v) is 5.45. The Balaban J connectivity index is 1.80. The largest absolute Gasteiger partial charge is 0.276 e. The van der Waals surface area contributed by atoms with Gasteiger partial charge in [-0.3, -0.25) is 4.90 Å². The lowest BCUT2D eigenvalue weighted by Gasteiger charge is -2.23. The molecule has 96 valence electrons. The number of hydrogen-bond acceptors (Lipinski definition) is 5. The van der Waals surface area contributed by atoms with Gasteiger partial charge in [0.2, 0.25) is 0 Å². The molecule has 0 bridgehead atoms. The Morgan fingerprint density at radius 2 is 2.44 bits per heavy atom. The molecule has 1 aliphatic rings. The minimum absolute atomic E-state index is 0.550. The Kier molecular flexibility index (Phi) is 3.61. The van der Waals surface area contributed by atoms with E-state index in [9.17, 15) is 0 Å². The van der Waals surface area contributed by atoms with Crippen molar-refractivity contribution in [2.45, 2.75) is 32.5 Å². The Labute approximate surface area is 120 Å². The van der Waals surface area contributed by atoms with Crippen molar-refractivity contribution in [3.05, 3.63) is 31.4 Å². The molecule has 1 fully saturated rings. The highest BCUT2D eigenvalue weighted by molar-refractivity contribution is 7.73.